The van der Waals surface area contributed by atoms with Crippen LogP contribution in [0.15, 0.2) is 0 Å². The van der Waals surface area contributed by atoms with Crippen molar-refractivity contribution in [2.75, 3.05) is 0 Å². The summed E-state index contributed by atoms with van der Waals surface area (Å²) in [6.07, 6.45) is 30.7. The van der Waals surface area contributed by atoms with Crippen LogP contribution in [0.3, 0.4) is 0 Å². The summed E-state index contributed by atoms with van der Waals surface area (Å²) >= 11 is 0. The summed E-state index contributed by atoms with van der Waals surface area (Å²) in [5.41, 5.74) is 0. The summed E-state index contributed by atoms with van der Waals surface area (Å²) in [5, 5.41) is 0. The fraction of sp³-hybridized carbons (Fsp3) is 1.00. The van der Waals surface area contributed by atoms with Gasteiger partial charge in [0.15, 0.2) is 0 Å². The van der Waals surface area contributed by atoms with Gasteiger partial charge in [0.25, 0.3) is 0 Å². The van der Waals surface area contributed by atoms with Gasteiger partial charge in [-0.15, -0.1) is 0 Å². The van der Waals surface area contributed by atoms with Gasteiger partial charge in [-0.3, -0.25) is 0 Å². The lowest BCUT2D eigenvalue weighted by Gasteiger charge is -2.17. The van der Waals surface area contributed by atoms with Crippen LogP contribution in [0.1, 0.15) is 163 Å². The Balaban J connectivity index is 3.67. The van der Waals surface area contributed by atoms with Crippen molar-refractivity contribution in [2.45, 2.75) is 163 Å². The Bertz CT molecular complexity index is 249. The molecule has 0 N–H and O–H groups in total. The van der Waals surface area contributed by atoms with E-state index >= 15 is 0 Å². The first-order valence-electron chi connectivity index (χ1n) is 13.3. The third kappa shape index (κ3) is 19.1. The molecule has 0 saturated heterocycles. The molecule has 0 amide bonds. The van der Waals surface area contributed by atoms with Gasteiger partial charge in [-0.1, -0.05) is 163 Å². The molecular formula is C27H56. The van der Waals surface area contributed by atoms with Crippen molar-refractivity contribution in [3.63, 3.8) is 0 Å². The minimum Gasteiger partial charge on any atom is -0.0654 e. The van der Waals surface area contributed by atoms with E-state index in [1.165, 1.54) is 135 Å². The molecule has 1 unspecified atom stereocenters. The normalized spacial score (nSPS) is 12.8. The maximum absolute atomic E-state index is 2.35. The largest absolute Gasteiger partial charge is 0.0654 e. The van der Waals surface area contributed by atoms with Gasteiger partial charge in [0, 0.05) is 0 Å². The highest BCUT2D eigenvalue weighted by atomic mass is 14.1. The number of rotatable bonds is 22. The zero-order valence-electron chi connectivity index (χ0n) is 20.0. The second kappa shape index (κ2) is 22.3. The Morgan fingerprint density at radius 2 is 0.556 bits per heavy atom. The molecule has 0 spiro atoms. The standard InChI is InChI=1S/C27H56/c1-5-9-17-23-27(22-12-8-4)25-19-16-14-13-15-18-24-26(20-10-6-2)21-11-7-3/h26-27H,5-25H2,1-4H3. The quantitative estimate of drug-likeness (QED) is 0.164. The van der Waals surface area contributed by atoms with Crippen molar-refractivity contribution in [3.05, 3.63) is 0 Å². The molecule has 0 radical (unpaired) electrons. The molecule has 0 aliphatic heterocycles. The Labute approximate surface area is 174 Å². The molecule has 164 valence electrons. The molecule has 0 nitrogen and oxygen atoms in total. The van der Waals surface area contributed by atoms with Gasteiger partial charge in [0.2, 0.25) is 0 Å². The van der Waals surface area contributed by atoms with Crippen LogP contribution in [0.5, 0.6) is 0 Å². The van der Waals surface area contributed by atoms with Crippen molar-refractivity contribution in [3.8, 4) is 0 Å². The average molecular weight is 381 g/mol. The van der Waals surface area contributed by atoms with E-state index in [2.05, 4.69) is 27.7 Å². The highest BCUT2D eigenvalue weighted by Gasteiger charge is 2.09. The summed E-state index contributed by atoms with van der Waals surface area (Å²) in [6.45, 7) is 9.36. The van der Waals surface area contributed by atoms with Crippen LogP contribution in [-0.2, 0) is 0 Å². The van der Waals surface area contributed by atoms with Crippen molar-refractivity contribution >= 4 is 0 Å². The average Bonchev–Trinajstić information content (AvgIpc) is 2.69. The molecule has 0 aromatic carbocycles. The van der Waals surface area contributed by atoms with Crippen LogP contribution in [0.2, 0.25) is 0 Å². The van der Waals surface area contributed by atoms with Crippen LogP contribution >= 0.6 is 0 Å². The Morgan fingerprint density at radius 3 is 0.889 bits per heavy atom. The molecule has 0 aliphatic carbocycles. The first kappa shape index (κ1) is 27.0. The fourth-order valence-corrected chi connectivity index (χ4v) is 4.60. The SMILES string of the molecule is CCCCCC(CCCC)CCCCCCCCC(CCCC)CCCC. The van der Waals surface area contributed by atoms with Crippen molar-refractivity contribution < 1.29 is 0 Å². The molecule has 1 atom stereocenters. The van der Waals surface area contributed by atoms with E-state index in [1.807, 2.05) is 0 Å². The molecule has 0 heteroatoms. The monoisotopic (exact) mass is 380 g/mol. The minimum atomic E-state index is 1.03. The fourth-order valence-electron chi connectivity index (χ4n) is 4.60. The van der Waals surface area contributed by atoms with Gasteiger partial charge in [0.05, 0.1) is 0 Å². The van der Waals surface area contributed by atoms with Crippen molar-refractivity contribution in [2.24, 2.45) is 11.8 Å². The van der Waals surface area contributed by atoms with Crippen LogP contribution in [0.4, 0.5) is 0 Å². The number of hydrogen-bond acceptors (Lipinski definition) is 0. The lowest BCUT2D eigenvalue weighted by molar-refractivity contribution is 0.366. The molecule has 0 aromatic heterocycles. The van der Waals surface area contributed by atoms with E-state index in [-0.39, 0.29) is 0 Å². The number of hydrogen-bond donors (Lipinski definition) is 0. The second-order valence-electron chi connectivity index (χ2n) is 9.35. The van der Waals surface area contributed by atoms with Gasteiger partial charge in [-0.25, -0.2) is 0 Å². The van der Waals surface area contributed by atoms with Crippen molar-refractivity contribution in [1.82, 2.24) is 0 Å². The smallest absolute Gasteiger partial charge is 0.0414 e. The lowest BCUT2D eigenvalue weighted by Crippen LogP contribution is -2.01. The van der Waals surface area contributed by atoms with E-state index < -0.39 is 0 Å². The Kier molecular flexibility index (Phi) is 22.3. The number of unbranched alkanes of at least 4 members (excludes halogenated alkanes) is 10. The Morgan fingerprint density at radius 1 is 0.296 bits per heavy atom. The Hall–Kier alpha value is 0. The van der Waals surface area contributed by atoms with Crippen LogP contribution in [-0.4, -0.2) is 0 Å². The van der Waals surface area contributed by atoms with Gasteiger partial charge in [-0.2, -0.15) is 0 Å². The van der Waals surface area contributed by atoms with Crippen LogP contribution in [0, 0.1) is 11.8 Å². The van der Waals surface area contributed by atoms with E-state index in [0.29, 0.717) is 0 Å². The van der Waals surface area contributed by atoms with Gasteiger partial charge < -0.3 is 0 Å². The summed E-state index contributed by atoms with van der Waals surface area (Å²) in [5.74, 6) is 2.07. The molecule has 0 fully saturated rings. The first-order valence-corrected chi connectivity index (χ1v) is 13.3. The predicted octanol–water partition coefficient (Wildman–Crippen LogP) is 10.5. The van der Waals surface area contributed by atoms with Crippen LogP contribution < -0.4 is 0 Å². The highest BCUT2D eigenvalue weighted by Crippen LogP contribution is 2.25. The zero-order valence-corrected chi connectivity index (χ0v) is 20.0. The summed E-state index contributed by atoms with van der Waals surface area (Å²) in [7, 11) is 0. The molecule has 0 bridgehead atoms. The molecule has 0 aromatic rings. The molecule has 0 heterocycles. The molecule has 0 rings (SSSR count). The van der Waals surface area contributed by atoms with Crippen LogP contribution in [0.25, 0.3) is 0 Å². The molecule has 0 saturated carbocycles. The maximum atomic E-state index is 2.35. The van der Waals surface area contributed by atoms with Gasteiger partial charge in [0.1, 0.15) is 0 Å². The zero-order chi connectivity index (χ0) is 20.0. The highest BCUT2D eigenvalue weighted by molar-refractivity contribution is 4.62. The summed E-state index contributed by atoms with van der Waals surface area (Å²) in [4.78, 5) is 0. The second-order valence-corrected chi connectivity index (χ2v) is 9.35. The third-order valence-electron chi connectivity index (χ3n) is 6.59. The van der Waals surface area contributed by atoms with E-state index in [1.54, 1.807) is 0 Å². The molecular weight excluding hydrogens is 324 g/mol. The molecule has 0 aliphatic rings. The third-order valence-corrected chi connectivity index (χ3v) is 6.59. The minimum absolute atomic E-state index is 1.03. The maximum Gasteiger partial charge on any atom is -0.0414 e. The van der Waals surface area contributed by atoms with Gasteiger partial charge >= 0.3 is 0 Å². The topological polar surface area (TPSA) is 0 Å². The van der Waals surface area contributed by atoms with Crippen molar-refractivity contribution in [1.29, 1.82) is 0 Å². The van der Waals surface area contributed by atoms with E-state index in [0.717, 1.165) is 11.8 Å². The van der Waals surface area contributed by atoms with E-state index in [4.69, 9.17) is 0 Å². The first-order chi connectivity index (χ1) is 13.3. The summed E-state index contributed by atoms with van der Waals surface area (Å²) in [6, 6.07) is 0. The summed E-state index contributed by atoms with van der Waals surface area (Å²) < 4.78 is 0. The molecule has 27 heavy (non-hydrogen) atoms. The van der Waals surface area contributed by atoms with E-state index in [9.17, 15) is 0 Å². The van der Waals surface area contributed by atoms with Gasteiger partial charge in [-0.05, 0) is 11.8 Å². The predicted molar refractivity (Wildman–Crippen MR) is 127 cm³/mol. The lowest BCUT2D eigenvalue weighted by atomic mass is 9.89.